The predicted molar refractivity (Wildman–Crippen MR) is 161 cm³/mol. The molecule has 1 fully saturated rings. The van der Waals surface area contributed by atoms with Crippen LogP contribution in [-0.4, -0.2) is 65.6 Å². The molecular formula is C31H32N4O3S2. The van der Waals surface area contributed by atoms with Crippen molar-refractivity contribution in [3.05, 3.63) is 107 Å². The second-order valence-electron chi connectivity index (χ2n) is 9.49. The maximum atomic E-state index is 13.1. The summed E-state index contributed by atoms with van der Waals surface area (Å²) in [5, 5.41) is 4.79. The van der Waals surface area contributed by atoms with Crippen LogP contribution in [0.1, 0.15) is 22.9 Å². The van der Waals surface area contributed by atoms with Crippen LogP contribution in [0.2, 0.25) is 0 Å². The Balaban J connectivity index is 1.11. The molecule has 2 heterocycles. The van der Waals surface area contributed by atoms with E-state index in [2.05, 4.69) is 63.7 Å². The van der Waals surface area contributed by atoms with Crippen LogP contribution in [-0.2, 0) is 16.0 Å². The number of rotatable bonds is 10. The zero-order chi connectivity index (χ0) is 27.7. The van der Waals surface area contributed by atoms with E-state index in [1.807, 2.05) is 40.6 Å². The van der Waals surface area contributed by atoms with Crippen LogP contribution in [0.5, 0.6) is 5.75 Å². The summed E-state index contributed by atoms with van der Waals surface area (Å²) >= 11 is 2.84. The molecule has 0 aliphatic carbocycles. The van der Waals surface area contributed by atoms with Crippen molar-refractivity contribution in [2.45, 2.75) is 16.8 Å². The molecule has 1 N–H and O–H groups in total. The van der Waals surface area contributed by atoms with E-state index in [1.54, 1.807) is 13.2 Å². The van der Waals surface area contributed by atoms with Crippen LogP contribution in [0.15, 0.2) is 94.6 Å². The van der Waals surface area contributed by atoms with Gasteiger partial charge in [-0.1, -0.05) is 78.5 Å². The van der Waals surface area contributed by atoms with Gasteiger partial charge in [0.05, 0.1) is 31.0 Å². The Morgan fingerprint density at radius 2 is 1.62 bits per heavy atom. The quantitative estimate of drug-likeness (QED) is 0.258. The Morgan fingerprint density at radius 1 is 0.950 bits per heavy atom. The van der Waals surface area contributed by atoms with Crippen LogP contribution in [0.3, 0.4) is 0 Å². The molecule has 40 heavy (non-hydrogen) atoms. The average Bonchev–Trinajstić information content (AvgIpc) is 3.45. The number of hydrogen-bond acceptors (Lipinski definition) is 7. The van der Waals surface area contributed by atoms with E-state index in [4.69, 9.17) is 4.74 Å². The van der Waals surface area contributed by atoms with E-state index < -0.39 is 0 Å². The van der Waals surface area contributed by atoms with Gasteiger partial charge < -0.3 is 15.0 Å². The van der Waals surface area contributed by atoms with Gasteiger partial charge >= 0.3 is 0 Å². The molecule has 3 aromatic carbocycles. The number of carbonyl (C=O) groups is 2. The third kappa shape index (κ3) is 7.29. The lowest BCUT2D eigenvalue weighted by Gasteiger charge is -2.39. The fraction of sp³-hybridized carbons (Fsp3) is 0.258. The lowest BCUT2D eigenvalue weighted by Crippen LogP contribution is -2.50. The van der Waals surface area contributed by atoms with Gasteiger partial charge in [-0.3, -0.25) is 14.5 Å². The number of hydrogen-bond donors (Lipinski definition) is 1. The van der Waals surface area contributed by atoms with Crippen LogP contribution >= 0.6 is 23.1 Å². The van der Waals surface area contributed by atoms with Gasteiger partial charge in [-0.15, -0.1) is 11.3 Å². The first-order chi connectivity index (χ1) is 19.6. The van der Waals surface area contributed by atoms with E-state index in [0.29, 0.717) is 24.5 Å². The number of methoxy groups -OCH3 is 1. The monoisotopic (exact) mass is 572 g/mol. The second kappa shape index (κ2) is 13.6. The maximum Gasteiger partial charge on any atom is 0.234 e. The molecule has 7 nitrogen and oxygen atoms in total. The zero-order valence-electron chi connectivity index (χ0n) is 22.4. The van der Waals surface area contributed by atoms with Gasteiger partial charge in [0, 0.05) is 43.3 Å². The van der Waals surface area contributed by atoms with Gasteiger partial charge in [-0.25, -0.2) is 4.98 Å². The summed E-state index contributed by atoms with van der Waals surface area (Å²) < 4.78 is 5.98. The number of thiazole rings is 1. The van der Waals surface area contributed by atoms with Crippen LogP contribution in [0.4, 0.5) is 5.69 Å². The number of anilines is 1. The molecule has 0 saturated carbocycles. The number of aromatic nitrogens is 1. The molecule has 0 radical (unpaired) electrons. The molecule has 9 heteroatoms. The Hall–Kier alpha value is -3.66. The Labute approximate surface area is 243 Å². The minimum absolute atomic E-state index is 0.0910. The minimum Gasteiger partial charge on any atom is -0.497 e. The van der Waals surface area contributed by atoms with Crippen molar-refractivity contribution in [1.82, 2.24) is 14.8 Å². The van der Waals surface area contributed by atoms with Crippen molar-refractivity contribution < 1.29 is 14.3 Å². The largest absolute Gasteiger partial charge is 0.497 e. The molecule has 1 aliphatic rings. The summed E-state index contributed by atoms with van der Waals surface area (Å²) in [7, 11) is 1.59. The first-order valence-corrected chi connectivity index (χ1v) is 15.1. The number of nitrogens with zero attached hydrogens (tertiary/aromatic N) is 3. The summed E-state index contributed by atoms with van der Waals surface area (Å²) in [6.07, 6.45) is 0.272. The molecule has 0 bridgehead atoms. The van der Waals surface area contributed by atoms with Crippen molar-refractivity contribution in [3.8, 4) is 5.75 Å². The van der Waals surface area contributed by atoms with Gasteiger partial charge in [-0.05, 0) is 23.3 Å². The first-order valence-electron chi connectivity index (χ1n) is 13.2. The molecule has 1 aromatic heterocycles. The number of ether oxygens (including phenoxy) is 1. The summed E-state index contributed by atoms with van der Waals surface area (Å²) in [5.74, 6) is 0.902. The predicted octanol–water partition coefficient (Wildman–Crippen LogP) is 5.36. The van der Waals surface area contributed by atoms with Crippen LogP contribution in [0, 0.1) is 0 Å². The van der Waals surface area contributed by atoms with Crippen LogP contribution in [0.25, 0.3) is 0 Å². The number of thioether (sulfide) groups is 1. The SMILES string of the molecule is COc1cccc(NC(=O)CSc2nc(CC(=O)N3CCN(C(c4ccccc4)c4ccccc4)CC3)cs2)c1. The number of nitrogens with one attached hydrogen (secondary N) is 1. The molecular weight excluding hydrogens is 541 g/mol. The molecule has 4 aromatic rings. The summed E-state index contributed by atoms with van der Waals surface area (Å²) in [6, 6.07) is 28.5. The lowest BCUT2D eigenvalue weighted by atomic mass is 9.96. The number of benzene rings is 3. The summed E-state index contributed by atoms with van der Waals surface area (Å²) in [6.45, 7) is 2.98. The Kier molecular flexibility index (Phi) is 9.49. The van der Waals surface area contributed by atoms with Crippen molar-refractivity contribution in [2.75, 3.05) is 44.4 Å². The highest BCUT2D eigenvalue weighted by atomic mass is 32.2. The minimum atomic E-state index is -0.117. The molecule has 206 valence electrons. The lowest BCUT2D eigenvalue weighted by molar-refractivity contribution is -0.132. The van der Waals surface area contributed by atoms with Gasteiger partial charge in [0.15, 0.2) is 4.34 Å². The van der Waals surface area contributed by atoms with Crippen molar-refractivity contribution in [3.63, 3.8) is 0 Å². The molecule has 5 rings (SSSR count). The number of carbonyl (C=O) groups excluding carboxylic acids is 2. The third-order valence-electron chi connectivity index (χ3n) is 6.81. The van der Waals surface area contributed by atoms with E-state index in [-0.39, 0.29) is 30.0 Å². The molecule has 0 spiro atoms. The second-order valence-corrected chi connectivity index (χ2v) is 11.6. The normalized spacial score (nSPS) is 13.8. The maximum absolute atomic E-state index is 13.1. The highest BCUT2D eigenvalue weighted by Gasteiger charge is 2.28. The van der Waals surface area contributed by atoms with Gasteiger partial charge in [0.1, 0.15) is 5.75 Å². The smallest absolute Gasteiger partial charge is 0.234 e. The Bertz CT molecular complexity index is 1370. The third-order valence-corrected chi connectivity index (χ3v) is 8.88. The molecule has 1 aliphatic heterocycles. The first kappa shape index (κ1) is 27.9. The van der Waals surface area contributed by atoms with E-state index in [0.717, 1.165) is 23.1 Å². The highest BCUT2D eigenvalue weighted by molar-refractivity contribution is 8.01. The van der Waals surface area contributed by atoms with Crippen molar-refractivity contribution >= 4 is 40.6 Å². The van der Waals surface area contributed by atoms with Crippen LogP contribution < -0.4 is 10.1 Å². The molecule has 1 saturated heterocycles. The van der Waals surface area contributed by atoms with E-state index in [1.165, 1.54) is 34.2 Å². The summed E-state index contributed by atoms with van der Waals surface area (Å²) in [4.78, 5) is 34.5. The standard InChI is InChI=1S/C31H32N4O3S2/c1-38-27-14-8-13-25(19-27)32-28(36)22-40-31-33-26(21-39-31)20-29(37)34-15-17-35(18-16-34)30(23-9-4-2-5-10-23)24-11-6-3-7-12-24/h2-14,19,21,30H,15-18,20,22H2,1H3,(H,32,36). The molecule has 0 unspecified atom stereocenters. The van der Waals surface area contributed by atoms with Crippen molar-refractivity contribution in [2.24, 2.45) is 0 Å². The number of amides is 2. The number of piperazine rings is 1. The van der Waals surface area contributed by atoms with E-state index in [9.17, 15) is 9.59 Å². The van der Waals surface area contributed by atoms with Gasteiger partial charge in [-0.2, -0.15) is 0 Å². The Morgan fingerprint density at radius 3 is 2.27 bits per heavy atom. The average molecular weight is 573 g/mol. The zero-order valence-corrected chi connectivity index (χ0v) is 24.0. The fourth-order valence-corrected chi connectivity index (χ4v) is 6.49. The van der Waals surface area contributed by atoms with Crippen molar-refractivity contribution in [1.29, 1.82) is 0 Å². The molecule has 0 atom stereocenters. The highest BCUT2D eigenvalue weighted by Crippen LogP contribution is 2.30. The topological polar surface area (TPSA) is 74.8 Å². The van der Waals surface area contributed by atoms with E-state index >= 15 is 0 Å². The summed E-state index contributed by atoms with van der Waals surface area (Å²) in [5.41, 5.74) is 3.96. The van der Waals surface area contributed by atoms with Gasteiger partial charge in [0.2, 0.25) is 11.8 Å². The van der Waals surface area contributed by atoms with Gasteiger partial charge in [0.25, 0.3) is 0 Å². The fourth-order valence-electron chi connectivity index (χ4n) is 4.84. The molecule has 2 amide bonds.